The number of aliphatic imine (C=N–C) groups is 1. The van der Waals surface area contributed by atoms with Crippen molar-refractivity contribution in [2.75, 3.05) is 0 Å². The SMILES string of the molecule is Cc1c(N=Cc2ccc(C(=O)O)cc2)c(=O)n(-c2ccccc2)n1C. The molecule has 3 rings (SSSR count). The van der Waals surface area contributed by atoms with Gasteiger partial charge in [0.05, 0.1) is 16.9 Å². The Morgan fingerprint density at radius 1 is 1.08 bits per heavy atom. The van der Waals surface area contributed by atoms with Crippen molar-refractivity contribution in [3.63, 3.8) is 0 Å². The lowest BCUT2D eigenvalue weighted by atomic mass is 10.1. The number of hydrogen-bond donors (Lipinski definition) is 1. The Balaban J connectivity index is 1.98. The van der Waals surface area contributed by atoms with E-state index >= 15 is 0 Å². The second-order valence-electron chi connectivity index (χ2n) is 5.60. The van der Waals surface area contributed by atoms with Crippen molar-refractivity contribution in [3.8, 4) is 5.69 Å². The maximum absolute atomic E-state index is 12.7. The lowest BCUT2D eigenvalue weighted by Gasteiger charge is -2.07. The molecule has 0 fully saturated rings. The Kier molecular flexibility index (Phi) is 4.35. The van der Waals surface area contributed by atoms with E-state index in [2.05, 4.69) is 4.99 Å². The first-order valence-electron chi connectivity index (χ1n) is 7.70. The number of rotatable bonds is 4. The molecule has 0 aliphatic rings. The number of carboxylic acid groups (broad SMARTS) is 1. The van der Waals surface area contributed by atoms with Gasteiger partial charge in [-0.1, -0.05) is 30.3 Å². The zero-order chi connectivity index (χ0) is 18.0. The summed E-state index contributed by atoms with van der Waals surface area (Å²) in [7, 11) is 1.81. The van der Waals surface area contributed by atoms with Gasteiger partial charge in [0.25, 0.3) is 5.56 Å². The smallest absolute Gasteiger partial charge is 0.335 e. The highest BCUT2D eigenvalue weighted by Gasteiger charge is 2.14. The summed E-state index contributed by atoms with van der Waals surface area (Å²) in [4.78, 5) is 27.9. The van der Waals surface area contributed by atoms with Crippen LogP contribution in [0, 0.1) is 6.92 Å². The fourth-order valence-corrected chi connectivity index (χ4v) is 2.55. The van der Waals surface area contributed by atoms with Crippen molar-refractivity contribution < 1.29 is 9.90 Å². The van der Waals surface area contributed by atoms with E-state index in [1.165, 1.54) is 12.1 Å². The lowest BCUT2D eigenvalue weighted by molar-refractivity contribution is 0.0697. The molecule has 0 bridgehead atoms. The molecule has 0 aliphatic heterocycles. The molecule has 1 heterocycles. The minimum Gasteiger partial charge on any atom is -0.478 e. The van der Waals surface area contributed by atoms with Gasteiger partial charge in [-0.2, -0.15) is 0 Å². The van der Waals surface area contributed by atoms with Gasteiger partial charge >= 0.3 is 5.97 Å². The summed E-state index contributed by atoms with van der Waals surface area (Å²) in [5.74, 6) is -0.979. The zero-order valence-corrected chi connectivity index (χ0v) is 13.9. The van der Waals surface area contributed by atoms with Crippen LogP contribution < -0.4 is 5.56 Å². The van der Waals surface area contributed by atoms with Gasteiger partial charge in [-0.25, -0.2) is 14.5 Å². The van der Waals surface area contributed by atoms with Crippen molar-refractivity contribution in [3.05, 3.63) is 81.8 Å². The number of aromatic nitrogens is 2. The van der Waals surface area contributed by atoms with E-state index in [1.54, 1.807) is 27.7 Å². The predicted octanol–water partition coefficient (Wildman–Crippen LogP) is 2.93. The van der Waals surface area contributed by atoms with Crippen molar-refractivity contribution in [1.82, 2.24) is 9.36 Å². The van der Waals surface area contributed by atoms with Gasteiger partial charge in [0.1, 0.15) is 0 Å². The molecule has 0 unspecified atom stereocenters. The van der Waals surface area contributed by atoms with E-state index < -0.39 is 5.97 Å². The average Bonchev–Trinajstić information content (AvgIpc) is 2.83. The van der Waals surface area contributed by atoms with Crippen molar-refractivity contribution in [2.45, 2.75) is 6.92 Å². The summed E-state index contributed by atoms with van der Waals surface area (Å²) in [5.41, 5.74) is 2.59. The molecular formula is C19H17N3O3. The fraction of sp³-hybridized carbons (Fsp3) is 0.105. The Bertz CT molecular complexity index is 997. The lowest BCUT2D eigenvalue weighted by Crippen LogP contribution is -2.19. The molecule has 1 N–H and O–H groups in total. The summed E-state index contributed by atoms with van der Waals surface area (Å²) < 4.78 is 3.33. The number of aromatic carboxylic acids is 1. The first kappa shape index (κ1) is 16.4. The largest absolute Gasteiger partial charge is 0.478 e. The fourth-order valence-electron chi connectivity index (χ4n) is 2.55. The van der Waals surface area contributed by atoms with Crippen LogP contribution in [0.2, 0.25) is 0 Å². The van der Waals surface area contributed by atoms with Crippen LogP contribution in [-0.4, -0.2) is 26.7 Å². The Hall–Kier alpha value is -3.41. The van der Waals surface area contributed by atoms with E-state index in [0.29, 0.717) is 5.69 Å². The maximum Gasteiger partial charge on any atom is 0.335 e. The standard InChI is InChI=1S/C19H17N3O3/c1-13-17(20-12-14-8-10-15(11-9-14)19(24)25)18(23)22(21(13)2)16-6-4-3-5-7-16/h3-12H,1-2H3,(H,24,25). The normalized spacial score (nSPS) is 11.1. The summed E-state index contributed by atoms with van der Waals surface area (Å²) in [5, 5.41) is 8.92. The first-order chi connectivity index (χ1) is 12.0. The molecule has 0 saturated heterocycles. The second-order valence-corrected chi connectivity index (χ2v) is 5.60. The van der Waals surface area contributed by atoms with Crippen LogP contribution in [0.15, 0.2) is 64.4 Å². The molecule has 0 saturated carbocycles. The Morgan fingerprint density at radius 3 is 2.32 bits per heavy atom. The summed E-state index contributed by atoms with van der Waals surface area (Å²) in [6.45, 7) is 1.83. The zero-order valence-electron chi connectivity index (χ0n) is 13.9. The highest BCUT2D eigenvalue weighted by atomic mass is 16.4. The molecule has 0 radical (unpaired) electrons. The molecule has 6 nitrogen and oxygen atoms in total. The number of benzene rings is 2. The van der Waals surface area contributed by atoms with Crippen LogP contribution in [0.4, 0.5) is 5.69 Å². The topological polar surface area (TPSA) is 76.6 Å². The Morgan fingerprint density at radius 2 is 1.72 bits per heavy atom. The summed E-state index contributed by atoms with van der Waals surface area (Å²) >= 11 is 0. The predicted molar refractivity (Wildman–Crippen MR) is 96.4 cm³/mol. The molecule has 0 spiro atoms. The van der Waals surface area contributed by atoms with Gasteiger partial charge in [-0.3, -0.25) is 9.48 Å². The van der Waals surface area contributed by atoms with Gasteiger partial charge in [-0.15, -0.1) is 0 Å². The third kappa shape index (κ3) is 3.14. The van der Waals surface area contributed by atoms with E-state index in [9.17, 15) is 9.59 Å². The summed E-state index contributed by atoms with van der Waals surface area (Å²) in [6.07, 6.45) is 1.56. The van der Waals surface area contributed by atoms with Gasteiger partial charge < -0.3 is 5.11 Å². The molecule has 1 aromatic heterocycles. The molecule has 6 heteroatoms. The second kappa shape index (κ2) is 6.60. The van der Waals surface area contributed by atoms with E-state index in [4.69, 9.17) is 5.11 Å². The summed E-state index contributed by atoms with van der Waals surface area (Å²) in [6, 6.07) is 15.7. The van der Waals surface area contributed by atoms with Crippen LogP contribution in [0.25, 0.3) is 5.69 Å². The molecule has 3 aromatic rings. The third-order valence-electron chi connectivity index (χ3n) is 4.02. The first-order valence-corrected chi connectivity index (χ1v) is 7.70. The quantitative estimate of drug-likeness (QED) is 0.745. The van der Waals surface area contributed by atoms with Crippen molar-refractivity contribution in [1.29, 1.82) is 0 Å². The monoisotopic (exact) mass is 335 g/mol. The Labute approximate surface area is 144 Å². The highest BCUT2D eigenvalue weighted by Crippen LogP contribution is 2.16. The minimum atomic E-state index is -0.979. The van der Waals surface area contributed by atoms with E-state index in [1.807, 2.05) is 44.3 Å². The molecule has 2 aromatic carbocycles. The number of carbonyl (C=O) groups is 1. The van der Waals surface area contributed by atoms with Gasteiger partial charge in [0, 0.05) is 13.3 Å². The highest BCUT2D eigenvalue weighted by molar-refractivity contribution is 5.89. The van der Waals surface area contributed by atoms with Crippen molar-refractivity contribution >= 4 is 17.9 Å². The molecule has 0 aliphatic carbocycles. The van der Waals surface area contributed by atoms with Gasteiger partial charge in [-0.05, 0) is 36.8 Å². The molecular weight excluding hydrogens is 318 g/mol. The van der Waals surface area contributed by atoms with Crippen LogP contribution in [0.1, 0.15) is 21.6 Å². The van der Waals surface area contributed by atoms with Crippen LogP contribution in [0.3, 0.4) is 0 Å². The number of carboxylic acids is 1. The molecule has 126 valence electrons. The van der Waals surface area contributed by atoms with Crippen LogP contribution >= 0.6 is 0 Å². The average molecular weight is 335 g/mol. The van der Waals surface area contributed by atoms with Gasteiger partial charge in [0.15, 0.2) is 5.69 Å². The third-order valence-corrected chi connectivity index (χ3v) is 4.02. The molecule has 0 amide bonds. The van der Waals surface area contributed by atoms with Crippen LogP contribution in [0.5, 0.6) is 0 Å². The molecule has 25 heavy (non-hydrogen) atoms. The maximum atomic E-state index is 12.7. The van der Waals surface area contributed by atoms with Crippen LogP contribution in [-0.2, 0) is 7.05 Å². The van der Waals surface area contributed by atoms with E-state index in [0.717, 1.165) is 16.9 Å². The number of nitrogens with zero attached hydrogens (tertiary/aromatic N) is 3. The van der Waals surface area contributed by atoms with E-state index in [-0.39, 0.29) is 11.1 Å². The van der Waals surface area contributed by atoms with Gasteiger partial charge in [0.2, 0.25) is 0 Å². The number of para-hydroxylation sites is 1. The minimum absolute atomic E-state index is 0.204. The number of hydrogen-bond acceptors (Lipinski definition) is 3. The van der Waals surface area contributed by atoms with Crippen molar-refractivity contribution in [2.24, 2.45) is 12.0 Å². The molecule has 0 atom stereocenters.